The maximum Gasteiger partial charge on any atom is 0.102 e. The van der Waals surface area contributed by atoms with Gasteiger partial charge in [-0.3, -0.25) is 15.0 Å². The van der Waals surface area contributed by atoms with Crippen molar-refractivity contribution in [2.24, 2.45) is 15.9 Å². The third kappa shape index (κ3) is 2.82. The third-order valence-corrected chi connectivity index (χ3v) is 6.19. The number of pyridine rings is 1. The van der Waals surface area contributed by atoms with Gasteiger partial charge in [-0.1, -0.05) is 18.2 Å². The van der Waals surface area contributed by atoms with Crippen molar-refractivity contribution in [3.63, 3.8) is 0 Å². The summed E-state index contributed by atoms with van der Waals surface area (Å²) >= 11 is 0. The molecule has 0 amide bonds. The number of aliphatic imine (C=N–C) groups is 2. The molecule has 3 heterocycles. The minimum absolute atomic E-state index is 0.414. The van der Waals surface area contributed by atoms with Crippen LogP contribution in [0.1, 0.15) is 37.1 Å². The minimum atomic E-state index is 0.414. The van der Waals surface area contributed by atoms with Crippen LogP contribution in [0.4, 0.5) is 0 Å². The van der Waals surface area contributed by atoms with Crippen LogP contribution in [-0.4, -0.2) is 34.5 Å². The lowest BCUT2D eigenvalue weighted by molar-refractivity contribution is 0.194. The molecule has 1 N–H and O–H groups in total. The van der Waals surface area contributed by atoms with Gasteiger partial charge in [0.1, 0.15) is 6.17 Å². The Bertz CT molecular complexity index is 965. The predicted molar refractivity (Wildman–Crippen MR) is 114 cm³/mol. The Morgan fingerprint density at radius 3 is 2.96 bits per heavy atom. The number of fused-ring (bicyclic) bond motifs is 5. The maximum atomic E-state index is 4.82. The zero-order chi connectivity index (χ0) is 19.1. The van der Waals surface area contributed by atoms with Gasteiger partial charge in [-0.2, -0.15) is 0 Å². The predicted octanol–water partition coefficient (Wildman–Crippen LogP) is 3.97. The average molecular weight is 371 g/mol. The molecule has 28 heavy (non-hydrogen) atoms. The smallest absolute Gasteiger partial charge is 0.102 e. The van der Waals surface area contributed by atoms with E-state index in [2.05, 4.69) is 70.3 Å². The molecule has 3 unspecified atom stereocenters. The van der Waals surface area contributed by atoms with E-state index in [1.807, 2.05) is 0 Å². The van der Waals surface area contributed by atoms with Crippen molar-refractivity contribution >= 4 is 18.1 Å². The van der Waals surface area contributed by atoms with E-state index < -0.39 is 0 Å². The molecule has 2 aliphatic heterocycles. The second-order valence-electron chi connectivity index (χ2n) is 7.91. The lowest BCUT2D eigenvalue weighted by atomic mass is 9.99. The Morgan fingerprint density at radius 1 is 1.25 bits per heavy atom. The first kappa shape index (κ1) is 17.2. The molecule has 4 aliphatic rings. The molecule has 0 radical (unpaired) electrons. The fourth-order valence-corrected chi connectivity index (χ4v) is 4.99. The molecule has 2 bridgehead atoms. The molecule has 1 aromatic rings. The highest BCUT2D eigenvalue weighted by atomic mass is 15.4. The number of aromatic nitrogens is 1. The van der Waals surface area contributed by atoms with Gasteiger partial charge in [-0.05, 0) is 62.6 Å². The zero-order valence-electron chi connectivity index (χ0n) is 16.2. The van der Waals surface area contributed by atoms with Gasteiger partial charge < -0.3 is 10.2 Å². The number of piperidine rings is 1. The first-order valence-corrected chi connectivity index (χ1v) is 10.0. The highest BCUT2D eigenvalue weighted by Crippen LogP contribution is 2.49. The SMILES string of the molecule is C=N/C=C\N=C1C=CC(C2=C(c3cccc(C)n3)NC3C4CCC(C4)N23)=CC1. The van der Waals surface area contributed by atoms with Crippen molar-refractivity contribution in [2.75, 3.05) is 0 Å². The van der Waals surface area contributed by atoms with Crippen LogP contribution in [0.3, 0.4) is 0 Å². The maximum absolute atomic E-state index is 4.82. The largest absolute Gasteiger partial charge is 0.361 e. The summed E-state index contributed by atoms with van der Waals surface area (Å²) in [6, 6.07) is 6.91. The second kappa shape index (κ2) is 6.89. The zero-order valence-corrected chi connectivity index (χ0v) is 16.2. The van der Waals surface area contributed by atoms with E-state index >= 15 is 0 Å². The standard InChI is InChI=1S/C23H25N5/c1-15-4-3-5-20(26-15)21-22(28-19-11-8-17(14-19)23(28)27-21)16-6-9-18(10-7-16)25-13-12-24-2/h3-7,9,12-13,17,19,23,27H,2,8,10-11,14H2,1H3/b13-12-,25-18?. The van der Waals surface area contributed by atoms with Crippen LogP contribution in [0.15, 0.2) is 70.1 Å². The van der Waals surface area contributed by atoms with Crippen molar-refractivity contribution in [3.05, 3.63) is 71.5 Å². The van der Waals surface area contributed by atoms with Gasteiger partial charge in [0.2, 0.25) is 0 Å². The van der Waals surface area contributed by atoms with Crippen LogP contribution in [-0.2, 0) is 0 Å². The van der Waals surface area contributed by atoms with Crippen LogP contribution < -0.4 is 5.32 Å². The number of nitrogens with one attached hydrogen (secondary N) is 1. The molecule has 142 valence electrons. The molecule has 1 saturated heterocycles. The molecule has 5 nitrogen and oxygen atoms in total. The van der Waals surface area contributed by atoms with Gasteiger partial charge in [-0.25, -0.2) is 0 Å². The van der Waals surface area contributed by atoms with Gasteiger partial charge in [0.15, 0.2) is 0 Å². The third-order valence-electron chi connectivity index (χ3n) is 6.19. The number of rotatable bonds is 4. The van der Waals surface area contributed by atoms with Crippen molar-refractivity contribution in [3.8, 4) is 0 Å². The van der Waals surface area contributed by atoms with Crippen molar-refractivity contribution in [1.29, 1.82) is 0 Å². The number of nitrogens with zero attached hydrogens (tertiary/aromatic N) is 4. The summed E-state index contributed by atoms with van der Waals surface area (Å²) in [5, 5.41) is 3.84. The van der Waals surface area contributed by atoms with E-state index in [1.165, 1.54) is 36.2 Å². The van der Waals surface area contributed by atoms with E-state index in [4.69, 9.17) is 4.98 Å². The normalized spacial score (nSPS) is 29.6. The highest BCUT2D eigenvalue weighted by molar-refractivity contribution is 5.98. The molecule has 1 aromatic heterocycles. The van der Waals surface area contributed by atoms with Gasteiger partial charge in [0.05, 0.1) is 17.1 Å². The van der Waals surface area contributed by atoms with E-state index in [-0.39, 0.29) is 0 Å². The van der Waals surface area contributed by atoms with Crippen LogP contribution >= 0.6 is 0 Å². The van der Waals surface area contributed by atoms with Crippen LogP contribution in [0.5, 0.6) is 0 Å². The first-order valence-electron chi connectivity index (χ1n) is 10.0. The summed E-state index contributed by atoms with van der Waals surface area (Å²) in [7, 11) is 0. The summed E-state index contributed by atoms with van der Waals surface area (Å²) in [4.78, 5) is 15.6. The van der Waals surface area contributed by atoms with Crippen LogP contribution in [0, 0.1) is 12.8 Å². The van der Waals surface area contributed by atoms with E-state index in [0.717, 1.165) is 29.4 Å². The van der Waals surface area contributed by atoms with Gasteiger partial charge in [-0.15, -0.1) is 0 Å². The van der Waals surface area contributed by atoms with Gasteiger partial charge in [0, 0.05) is 36.3 Å². The Morgan fingerprint density at radius 2 is 2.18 bits per heavy atom. The van der Waals surface area contributed by atoms with Gasteiger partial charge in [0.25, 0.3) is 0 Å². The van der Waals surface area contributed by atoms with Crippen molar-refractivity contribution in [2.45, 2.75) is 44.8 Å². The molecule has 1 saturated carbocycles. The highest BCUT2D eigenvalue weighted by Gasteiger charge is 2.51. The van der Waals surface area contributed by atoms with Crippen LogP contribution in [0.2, 0.25) is 0 Å². The fourth-order valence-electron chi connectivity index (χ4n) is 4.99. The number of hydrogen-bond donors (Lipinski definition) is 1. The number of allylic oxidation sites excluding steroid dienone is 3. The lowest BCUT2D eigenvalue weighted by Crippen LogP contribution is -2.42. The monoisotopic (exact) mass is 371 g/mol. The number of aryl methyl sites for hydroxylation is 1. The summed E-state index contributed by atoms with van der Waals surface area (Å²) in [5.74, 6) is 0.740. The topological polar surface area (TPSA) is 52.9 Å². The molecule has 0 aromatic carbocycles. The Balaban J connectivity index is 1.53. The quantitative estimate of drug-likeness (QED) is 0.815. The average Bonchev–Trinajstić information content (AvgIpc) is 3.41. The summed E-state index contributed by atoms with van der Waals surface area (Å²) in [6.45, 7) is 5.49. The van der Waals surface area contributed by atoms with E-state index in [9.17, 15) is 0 Å². The Labute approximate surface area is 166 Å². The minimum Gasteiger partial charge on any atom is -0.361 e. The lowest BCUT2D eigenvalue weighted by Gasteiger charge is -2.33. The van der Waals surface area contributed by atoms with Crippen molar-refractivity contribution in [1.82, 2.24) is 15.2 Å². The van der Waals surface area contributed by atoms with Crippen LogP contribution in [0.25, 0.3) is 5.70 Å². The fraction of sp³-hybridized carbons (Fsp3) is 0.348. The molecular weight excluding hydrogens is 346 g/mol. The summed E-state index contributed by atoms with van der Waals surface area (Å²) < 4.78 is 0. The Hall–Kier alpha value is -2.95. The Kier molecular flexibility index (Phi) is 4.23. The first-order chi connectivity index (χ1) is 13.7. The molecular formula is C23H25N5. The molecule has 5 heteroatoms. The van der Waals surface area contributed by atoms with Gasteiger partial charge >= 0.3 is 0 Å². The number of hydrogen-bond acceptors (Lipinski definition) is 5. The molecule has 5 rings (SSSR count). The molecule has 3 atom stereocenters. The molecule has 2 aliphatic carbocycles. The van der Waals surface area contributed by atoms with Crippen molar-refractivity contribution < 1.29 is 0 Å². The second-order valence-corrected chi connectivity index (χ2v) is 7.91. The molecule has 2 fully saturated rings. The molecule has 0 spiro atoms. The summed E-state index contributed by atoms with van der Waals surface area (Å²) in [6.07, 6.45) is 15.1. The van der Waals surface area contributed by atoms with E-state index in [0.29, 0.717) is 12.2 Å². The summed E-state index contributed by atoms with van der Waals surface area (Å²) in [5.41, 5.74) is 6.88. The van der Waals surface area contributed by atoms with E-state index in [1.54, 1.807) is 12.4 Å².